The summed E-state index contributed by atoms with van der Waals surface area (Å²) in [6.45, 7) is 1.22. The number of rotatable bonds is 7. The van der Waals surface area contributed by atoms with E-state index in [-0.39, 0.29) is 11.0 Å². The average molecular weight is 379 g/mol. The molecule has 0 aliphatic rings. The Bertz CT molecular complexity index is 740. The summed E-state index contributed by atoms with van der Waals surface area (Å²) in [7, 11) is 1.59. The molecule has 0 saturated heterocycles. The smallest absolute Gasteiger partial charge is 0.261 e. The summed E-state index contributed by atoms with van der Waals surface area (Å²) >= 11 is 11.3. The average Bonchev–Trinajstić information content (AvgIpc) is 2.61. The molecule has 2 aromatic carbocycles. The number of amides is 1. The molecule has 0 aliphatic carbocycles. The standard InChI is InChI=1S/C18H19ClN2O3S/c1-23-10-11-24-16-9-5-3-7-14(16)17(22)21-18(25)20-12-13-6-2-4-8-15(13)19/h2-9H,10-12H2,1H3,(H2,20,21,22,25). The van der Waals surface area contributed by atoms with Crippen LogP contribution in [0.15, 0.2) is 48.5 Å². The third-order valence-electron chi connectivity index (χ3n) is 3.30. The van der Waals surface area contributed by atoms with Crippen molar-refractivity contribution in [2.24, 2.45) is 0 Å². The van der Waals surface area contributed by atoms with Crippen LogP contribution in [0, 0.1) is 0 Å². The van der Waals surface area contributed by atoms with Gasteiger partial charge in [0, 0.05) is 18.7 Å². The maximum atomic E-state index is 12.4. The third-order valence-corrected chi connectivity index (χ3v) is 3.92. The molecule has 5 nitrogen and oxygen atoms in total. The molecule has 0 bridgehead atoms. The molecule has 0 aliphatic heterocycles. The highest BCUT2D eigenvalue weighted by molar-refractivity contribution is 7.80. The predicted octanol–water partition coefficient (Wildman–Crippen LogP) is 3.17. The Hall–Kier alpha value is -2.15. The largest absolute Gasteiger partial charge is 0.490 e. The fourth-order valence-electron chi connectivity index (χ4n) is 2.05. The minimum absolute atomic E-state index is 0.219. The van der Waals surface area contributed by atoms with Crippen molar-refractivity contribution in [3.05, 3.63) is 64.7 Å². The van der Waals surface area contributed by atoms with E-state index >= 15 is 0 Å². The highest BCUT2D eigenvalue weighted by Crippen LogP contribution is 2.18. The van der Waals surface area contributed by atoms with Gasteiger partial charge in [0.15, 0.2) is 5.11 Å². The molecule has 1 amide bonds. The topological polar surface area (TPSA) is 59.6 Å². The maximum absolute atomic E-state index is 12.4. The van der Waals surface area contributed by atoms with Crippen LogP contribution >= 0.6 is 23.8 Å². The van der Waals surface area contributed by atoms with Gasteiger partial charge in [0.25, 0.3) is 5.91 Å². The van der Waals surface area contributed by atoms with Gasteiger partial charge in [-0.2, -0.15) is 0 Å². The van der Waals surface area contributed by atoms with Crippen LogP contribution in [0.5, 0.6) is 5.75 Å². The van der Waals surface area contributed by atoms with Crippen LogP contribution in [0.1, 0.15) is 15.9 Å². The molecular formula is C18H19ClN2O3S. The van der Waals surface area contributed by atoms with Crippen molar-refractivity contribution >= 4 is 34.8 Å². The van der Waals surface area contributed by atoms with Gasteiger partial charge in [-0.3, -0.25) is 10.1 Å². The van der Waals surface area contributed by atoms with E-state index in [4.69, 9.17) is 33.3 Å². The molecule has 25 heavy (non-hydrogen) atoms. The van der Waals surface area contributed by atoms with Crippen molar-refractivity contribution in [2.45, 2.75) is 6.54 Å². The second-order valence-corrected chi connectivity index (χ2v) is 5.88. The van der Waals surface area contributed by atoms with Crippen LogP contribution < -0.4 is 15.4 Å². The highest BCUT2D eigenvalue weighted by atomic mass is 35.5. The molecule has 0 heterocycles. The molecular weight excluding hydrogens is 360 g/mol. The summed E-state index contributed by atoms with van der Waals surface area (Å²) in [5.41, 5.74) is 1.30. The summed E-state index contributed by atoms with van der Waals surface area (Å²) in [4.78, 5) is 12.4. The fraction of sp³-hybridized carbons (Fsp3) is 0.222. The Balaban J connectivity index is 1.93. The normalized spacial score (nSPS) is 10.2. The van der Waals surface area contributed by atoms with Crippen LogP contribution in [-0.2, 0) is 11.3 Å². The van der Waals surface area contributed by atoms with Crippen molar-refractivity contribution < 1.29 is 14.3 Å². The van der Waals surface area contributed by atoms with E-state index in [1.807, 2.05) is 18.2 Å². The Morgan fingerprint density at radius 1 is 1.12 bits per heavy atom. The van der Waals surface area contributed by atoms with Gasteiger partial charge < -0.3 is 14.8 Å². The lowest BCUT2D eigenvalue weighted by Crippen LogP contribution is -2.39. The monoisotopic (exact) mass is 378 g/mol. The minimum Gasteiger partial charge on any atom is -0.490 e. The predicted molar refractivity (Wildman–Crippen MR) is 102 cm³/mol. The lowest BCUT2D eigenvalue weighted by molar-refractivity contribution is 0.0968. The molecule has 132 valence electrons. The number of hydrogen-bond acceptors (Lipinski definition) is 4. The van der Waals surface area contributed by atoms with Gasteiger partial charge in [0.2, 0.25) is 0 Å². The molecule has 0 saturated carbocycles. The zero-order valence-electron chi connectivity index (χ0n) is 13.8. The number of methoxy groups -OCH3 is 1. The van der Waals surface area contributed by atoms with E-state index in [2.05, 4.69) is 10.6 Å². The first-order chi connectivity index (χ1) is 12.1. The van der Waals surface area contributed by atoms with Crippen molar-refractivity contribution in [3.8, 4) is 5.75 Å². The summed E-state index contributed by atoms with van der Waals surface area (Å²) in [6, 6.07) is 14.4. The molecule has 0 unspecified atom stereocenters. The molecule has 0 spiro atoms. The number of carbonyl (C=O) groups excluding carboxylic acids is 1. The number of benzene rings is 2. The Morgan fingerprint density at radius 2 is 1.84 bits per heavy atom. The Kier molecular flexibility index (Phi) is 7.66. The Morgan fingerprint density at radius 3 is 2.60 bits per heavy atom. The van der Waals surface area contributed by atoms with Gasteiger partial charge in [-0.1, -0.05) is 41.9 Å². The maximum Gasteiger partial charge on any atom is 0.261 e. The molecule has 2 rings (SSSR count). The fourth-order valence-corrected chi connectivity index (χ4v) is 2.41. The first kappa shape index (κ1) is 19.2. The number of para-hydroxylation sites is 1. The number of ether oxygens (including phenoxy) is 2. The number of halogens is 1. The van der Waals surface area contributed by atoms with Gasteiger partial charge in [-0.15, -0.1) is 0 Å². The molecule has 7 heteroatoms. The summed E-state index contributed by atoms with van der Waals surface area (Å²) in [6.07, 6.45) is 0. The minimum atomic E-state index is -0.343. The lowest BCUT2D eigenvalue weighted by atomic mass is 10.2. The van der Waals surface area contributed by atoms with Crippen LogP contribution in [0.3, 0.4) is 0 Å². The Labute approximate surface area is 157 Å². The number of nitrogens with one attached hydrogen (secondary N) is 2. The van der Waals surface area contributed by atoms with Crippen molar-refractivity contribution in [1.29, 1.82) is 0 Å². The van der Waals surface area contributed by atoms with Crippen LogP contribution in [-0.4, -0.2) is 31.3 Å². The van der Waals surface area contributed by atoms with Crippen molar-refractivity contribution in [3.63, 3.8) is 0 Å². The zero-order chi connectivity index (χ0) is 18.1. The molecule has 0 atom stereocenters. The number of hydrogen-bond donors (Lipinski definition) is 2. The second kappa shape index (κ2) is 9.98. The van der Waals surface area contributed by atoms with Gasteiger partial charge in [-0.05, 0) is 36.0 Å². The number of thiocarbonyl (C=S) groups is 1. The molecule has 0 aromatic heterocycles. The van der Waals surface area contributed by atoms with Crippen molar-refractivity contribution in [1.82, 2.24) is 10.6 Å². The van der Waals surface area contributed by atoms with Gasteiger partial charge in [0.1, 0.15) is 12.4 Å². The van der Waals surface area contributed by atoms with Gasteiger partial charge in [0.05, 0.1) is 12.2 Å². The van der Waals surface area contributed by atoms with Crippen LogP contribution in [0.25, 0.3) is 0 Å². The molecule has 0 radical (unpaired) electrons. The summed E-state index contributed by atoms with van der Waals surface area (Å²) < 4.78 is 10.5. The third kappa shape index (κ3) is 6.01. The first-order valence-corrected chi connectivity index (χ1v) is 8.43. The van der Waals surface area contributed by atoms with E-state index in [0.717, 1.165) is 5.56 Å². The highest BCUT2D eigenvalue weighted by Gasteiger charge is 2.13. The van der Waals surface area contributed by atoms with E-state index in [1.54, 1.807) is 37.4 Å². The molecule has 2 aromatic rings. The van der Waals surface area contributed by atoms with Crippen LogP contribution in [0.2, 0.25) is 5.02 Å². The van der Waals surface area contributed by atoms with Crippen LogP contribution in [0.4, 0.5) is 0 Å². The van der Waals surface area contributed by atoms with E-state index < -0.39 is 0 Å². The zero-order valence-corrected chi connectivity index (χ0v) is 15.3. The lowest BCUT2D eigenvalue weighted by Gasteiger charge is -2.13. The molecule has 2 N–H and O–H groups in total. The summed E-state index contributed by atoms with van der Waals surface area (Å²) in [5, 5.41) is 6.47. The van der Waals surface area contributed by atoms with Gasteiger partial charge in [-0.25, -0.2) is 0 Å². The van der Waals surface area contributed by atoms with Crippen molar-refractivity contribution in [2.75, 3.05) is 20.3 Å². The summed E-state index contributed by atoms with van der Waals surface area (Å²) in [5.74, 6) is 0.135. The SMILES string of the molecule is COCCOc1ccccc1C(=O)NC(=S)NCc1ccccc1Cl. The van der Waals surface area contributed by atoms with Gasteiger partial charge >= 0.3 is 0 Å². The second-order valence-electron chi connectivity index (χ2n) is 5.07. The number of carbonyl (C=O) groups is 1. The first-order valence-electron chi connectivity index (χ1n) is 7.65. The van der Waals surface area contributed by atoms with E-state index in [0.29, 0.717) is 36.1 Å². The quantitative estimate of drug-likeness (QED) is 0.572. The van der Waals surface area contributed by atoms with E-state index in [9.17, 15) is 4.79 Å². The molecule has 0 fully saturated rings. The van der Waals surface area contributed by atoms with E-state index in [1.165, 1.54) is 0 Å².